The van der Waals surface area contributed by atoms with Crippen molar-refractivity contribution in [2.75, 3.05) is 13.7 Å². The van der Waals surface area contributed by atoms with E-state index in [1.54, 1.807) is 0 Å². The van der Waals surface area contributed by atoms with Crippen LogP contribution in [0.1, 0.15) is 38.7 Å². The number of likely N-dealkylation sites (tertiary alicyclic amines) is 1. The summed E-state index contributed by atoms with van der Waals surface area (Å²) in [6.07, 6.45) is 3.24. The normalized spacial score (nSPS) is 21.9. The fourth-order valence-corrected chi connectivity index (χ4v) is 3.43. The fraction of sp³-hybridized carbons (Fsp3) is 0.579. The highest BCUT2D eigenvalue weighted by atomic mass is 19.2. The van der Waals surface area contributed by atoms with E-state index >= 15 is 0 Å². The lowest BCUT2D eigenvalue weighted by Crippen LogP contribution is -2.52. The minimum Gasteiger partial charge on any atom is -0.467 e. The van der Waals surface area contributed by atoms with Gasteiger partial charge in [-0.2, -0.15) is 0 Å². The highest BCUT2D eigenvalue weighted by molar-refractivity contribution is 5.85. The van der Waals surface area contributed by atoms with Gasteiger partial charge in [-0.05, 0) is 44.4 Å². The average Bonchev–Trinajstić information content (AvgIpc) is 2.60. The Morgan fingerprint density at radius 3 is 2.46 bits per heavy atom. The molecule has 1 saturated heterocycles. The molecular formula is C19H26F2N2O3. The van der Waals surface area contributed by atoms with Crippen molar-refractivity contribution in [2.45, 2.75) is 57.7 Å². The second-order valence-electron chi connectivity index (χ2n) is 6.90. The SMILES string of the molecule is COC(=O)[C@H](Cc1ccc(F)c(F)c1)NC(=O)CN1C(C)CCCC1C. The fourth-order valence-electron chi connectivity index (χ4n) is 3.43. The molecule has 1 aliphatic heterocycles. The molecule has 0 saturated carbocycles. The number of ether oxygens (including phenoxy) is 1. The summed E-state index contributed by atoms with van der Waals surface area (Å²) >= 11 is 0. The third-order valence-corrected chi connectivity index (χ3v) is 4.95. The minimum atomic E-state index is -0.992. The molecule has 26 heavy (non-hydrogen) atoms. The summed E-state index contributed by atoms with van der Waals surface area (Å²) in [4.78, 5) is 26.6. The molecule has 0 radical (unpaired) electrons. The zero-order chi connectivity index (χ0) is 19.3. The van der Waals surface area contributed by atoms with E-state index in [-0.39, 0.29) is 18.9 Å². The van der Waals surface area contributed by atoms with Gasteiger partial charge in [-0.3, -0.25) is 9.69 Å². The Hall–Kier alpha value is -2.02. The maximum Gasteiger partial charge on any atom is 0.328 e. The second kappa shape index (κ2) is 9.07. The number of esters is 1. The van der Waals surface area contributed by atoms with Gasteiger partial charge in [-0.25, -0.2) is 13.6 Å². The van der Waals surface area contributed by atoms with Crippen molar-refractivity contribution in [1.29, 1.82) is 0 Å². The molecule has 0 spiro atoms. The third-order valence-electron chi connectivity index (χ3n) is 4.95. The standard InChI is InChI=1S/C19H26F2N2O3/c1-12-5-4-6-13(2)23(12)11-18(24)22-17(19(25)26-3)10-14-7-8-15(20)16(21)9-14/h7-9,12-13,17H,4-6,10-11H2,1-3H3,(H,22,24)/t12?,13?,17-/m0/s1. The number of piperidine rings is 1. The summed E-state index contributed by atoms with van der Waals surface area (Å²) in [5, 5.41) is 2.67. The molecule has 2 rings (SSSR count). The van der Waals surface area contributed by atoms with Crippen LogP contribution < -0.4 is 5.32 Å². The molecular weight excluding hydrogens is 342 g/mol. The van der Waals surface area contributed by atoms with Gasteiger partial charge in [0.2, 0.25) is 5.91 Å². The van der Waals surface area contributed by atoms with Crippen LogP contribution in [0.15, 0.2) is 18.2 Å². The zero-order valence-corrected chi connectivity index (χ0v) is 15.4. The number of carbonyl (C=O) groups is 2. The molecule has 3 atom stereocenters. The van der Waals surface area contributed by atoms with Crippen molar-refractivity contribution in [2.24, 2.45) is 0 Å². The summed E-state index contributed by atoms with van der Waals surface area (Å²) in [6, 6.07) is 3.05. The highest BCUT2D eigenvalue weighted by Crippen LogP contribution is 2.21. The predicted molar refractivity (Wildman–Crippen MR) is 93.5 cm³/mol. The van der Waals surface area contributed by atoms with Crippen LogP contribution in [0.4, 0.5) is 8.78 Å². The van der Waals surface area contributed by atoms with Crippen LogP contribution in [-0.2, 0) is 20.7 Å². The van der Waals surface area contributed by atoms with Gasteiger partial charge in [0.25, 0.3) is 0 Å². The van der Waals surface area contributed by atoms with E-state index in [0.29, 0.717) is 17.6 Å². The van der Waals surface area contributed by atoms with Gasteiger partial charge < -0.3 is 10.1 Å². The summed E-state index contributed by atoms with van der Waals surface area (Å²) in [6.45, 7) is 4.36. The highest BCUT2D eigenvalue weighted by Gasteiger charge is 2.28. The van der Waals surface area contributed by atoms with Crippen molar-refractivity contribution < 1.29 is 23.1 Å². The summed E-state index contributed by atoms with van der Waals surface area (Å²) < 4.78 is 31.2. The van der Waals surface area contributed by atoms with Gasteiger partial charge >= 0.3 is 5.97 Å². The Labute approximate surface area is 152 Å². The van der Waals surface area contributed by atoms with Crippen LogP contribution in [0.3, 0.4) is 0 Å². The van der Waals surface area contributed by atoms with Crippen LogP contribution in [0.5, 0.6) is 0 Å². The lowest BCUT2D eigenvalue weighted by atomic mass is 9.97. The van der Waals surface area contributed by atoms with Crippen molar-refractivity contribution in [3.8, 4) is 0 Å². The quantitative estimate of drug-likeness (QED) is 0.784. The molecule has 0 bridgehead atoms. The smallest absolute Gasteiger partial charge is 0.328 e. The zero-order valence-electron chi connectivity index (χ0n) is 15.4. The molecule has 0 aromatic heterocycles. The first-order valence-corrected chi connectivity index (χ1v) is 8.88. The first-order valence-electron chi connectivity index (χ1n) is 8.88. The van der Waals surface area contributed by atoms with Crippen LogP contribution >= 0.6 is 0 Å². The lowest BCUT2D eigenvalue weighted by molar-refractivity contribution is -0.145. The molecule has 1 heterocycles. The molecule has 1 fully saturated rings. The van der Waals surface area contributed by atoms with Crippen molar-refractivity contribution in [3.05, 3.63) is 35.4 Å². The first-order chi connectivity index (χ1) is 12.3. The first kappa shape index (κ1) is 20.3. The summed E-state index contributed by atoms with van der Waals surface area (Å²) in [5.41, 5.74) is 0.402. The van der Waals surface area contributed by atoms with Crippen LogP contribution in [0.25, 0.3) is 0 Å². The maximum atomic E-state index is 13.4. The molecule has 5 nitrogen and oxygen atoms in total. The number of rotatable bonds is 6. The number of hydrogen-bond acceptors (Lipinski definition) is 4. The van der Waals surface area contributed by atoms with Crippen LogP contribution in [0.2, 0.25) is 0 Å². The van der Waals surface area contributed by atoms with Gasteiger partial charge in [-0.15, -0.1) is 0 Å². The molecule has 1 aromatic rings. The van der Waals surface area contributed by atoms with E-state index < -0.39 is 23.6 Å². The van der Waals surface area contributed by atoms with Crippen LogP contribution in [-0.4, -0.2) is 48.6 Å². The van der Waals surface area contributed by atoms with Crippen molar-refractivity contribution in [3.63, 3.8) is 0 Å². The molecule has 2 unspecified atom stereocenters. The van der Waals surface area contributed by atoms with Gasteiger partial charge in [0, 0.05) is 18.5 Å². The van der Waals surface area contributed by atoms with Gasteiger partial charge in [0.05, 0.1) is 13.7 Å². The Bertz CT molecular complexity index is 644. The largest absolute Gasteiger partial charge is 0.467 e. The second-order valence-corrected chi connectivity index (χ2v) is 6.90. The monoisotopic (exact) mass is 368 g/mol. The third kappa shape index (κ3) is 5.24. The van der Waals surface area contributed by atoms with Crippen molar-refractivity contribution >= 4 is 11.9 Å². The van der Waals surface area contributed by atoms with E-state index in [4.69, 9.17) is 4.74 Å². The number of nitrogens with one attached hydrogen (secondary N) is 1. The number of amides is 1. The average molecular weight is 368 g/mol. The van der Waals surface area contributed by atoms with Gasteiger partial charge in [0.1, 0.15) is 6.04 Å². The molecule has 1 aromatic carbocycles. The van der Waals surface area contributed by atoms with E-state index in [9.17, 15) is 18.4 Å². The molecule has 1 N–H and O–H groups in total. The van der Waals surface area contributed by atoms with Gasteiger partial charge in [-0.1, -0.05) is 12.5 Å². The van der Waals surface area contributed by atoms with E-state index in [0.717, 1.165) is 31.4 Å². The lowest BCUT2D eigenvalue weighted by Gasteiger charge is -2.38. The Morgan fingerprint density at radius 2 is 1.88 bits per heavy atom. The molecule has 144 valence electrons. The van der Waals surface area contributed by atoms with Crippen LogP contribution in [0, 0.1) is 11.6 Å². The number of nitrogens with zero attached hydrogens (tertiary/aromatic N) is 1. The molecule has 1 amide bonds. The topological polar surface area (TPSA) is 58.6 Å². The number of benzene rings is 1. The predicted octanol–water partition coefficient (Wildman–Crippen LogP) is 2.43. The van der Waals surface area contributed by atoms with E-state index in [1.165, 1.54) is 13.2 Å². The number of methoxy groups -OCH3 is 1. The Kier molecular flexibility index (Phi) is 7.08. The number of carbonyl (C=O) groups excluding carboxylic acids is 2. The summed E-state index contributed by atoms with van der Waals surface area (Å²) in [5.74, 6) is -2.86. The molecule has 1 aliphatic rings. The number of hydrogen-bond donors (Lipinski definition) is 1. The molecule has 0 aliphatic carbocycles. The van der Waals surface area contributed by atoms with E-state index in [2.05, 4.69) is 24.1 Å². The van der Waals surface area contributed by atoms with Crippen molar-refractivity contribution in [1.82, 2.24) is 10.2 Å². The Morgan fingerprint density at radius 1 is 1.23 bits per heavy atom. The molecule has 7 heteroatoms. The Balaban J connectivity index is 2.03. The minimum absolute atomic E-state index is 0.0285. The maximum absolute atomic E-state index is 13.4. The summed E-state index contributed by atoms with van der Waals surface area (Å²) in [7, 11) is 1.22. The number of halogens is 2. The van der Waals surface area contributed by atoms with Gasteiger partial charge in [0.15, 0.2) is 11.6 Å². The van der Waals surface area contributed by atoms with E-state index in [1.807, 2.05) is 0 Å².